The van der Waals surface area contributed by atoms with E-state index < -0.39 is 0 Å². The monoisotopic (exact) mass is 533 g/mol. The van der Waals surface area contributed by atoms with Crippen molar-refractivity contribution < 1.29 is 21.7 Å². The Bertz CT molecular complexity index is 672. The highest BCUT2D eigenvalue weighted by Crippen LogP contribution is 2.27. The summed E-state index contributed by atoms with van der Waals surface area (Å²) in [5.74, 6) is 0. The number of unbranched alkanes of at least 4 members (excludes halogenated alkanes) is 5. The van der Waals surface area contributed by atoms with Gasteiger partial charge in [-0.25, -0.2) is 0 Å². The Balaban J connectivity index is 0.00000338. The largest absolute Gasteiger partial charge is 1.00 e. The molecule has 0 radical (unpaired) electrons. The van der Waals surface area contributed by atoms with E-state index in [1.54, 1.807) is 0 Å². The summed E-state index contributed by atoms with van der Waals surface area (Å²) in [6.07, 6.45) is 7.90. The molecule has 0 spiro atoms. The van der Waals surface area contributed by atoms with E-state index >= 15 is 0 Å². The summed E-state index contributed by atoms with van der Waals surface area (Å²) in [6.45, 7) is 10.0. The molecular weight excluding hydrogens is 501 g/mol. The minimum atomic E-state index is 0. The number of aromatic nitrogens is 3. The molecule has 0 bridgehead atoms. The lowest BCUT2D eigenvalue weighted by atomic mass is 9.86. The lowest BCUT2D eigenvalue weighted by Gasteiger charge is -2.18. The number of nitrogens with zero attached hydrogens (tertiary/aromatic N) is 3. The van der Waals surface area contributed by atoms with E-state index in [-0.39, 0.29) is 22.4 Å². The fraction of sp³-hybridized carbons (Fsp3) is 0.619. The molecule has 1 aromatic heterocycles. The molecule has 0 fully saturated rings. The van der Waals surface area contributed by atoms with Crippen molar-refractivity contribution in [3.05, 3.63) is 33.5 Å². The maximum Gasteiger partial charge on any atom is 0.235 e. The fourth-order valence-electron chi connectivity index (χ4n) is 3.12. The number of aryl methyl sites for hydroxylation is 2. The summed E-state index contributed by atoms with van der Waals surface area (Å²) in [5.41, 5.74) is 4.02. The van der Waals surface area contributed by atoms with Crippen molar-refractivity contribution in [3.8, 4) is 11.3 Å². The third-order valence-electron chi connectivity index (χ3n) is 4.74. The lowest BCUT2D eigenvalue weighted by molar-refractivity contribution is -0.722. The molecule has 3 nitrogen and oxygen atoms in total. The van der Waals surface area contributed by atoms with Crippen molar-refractivity contribution in [2.24, 2.45) is 7.05 Å². The van der Waals surface area contributed by atoms with Crippen LogP contribution in [0.5, 0.6) is 0 Å². The molecule has 0 saturated carbocycles. The minimum absolute atomic E-state index is 0. The van der Waals surface area contributed by atoms with Crippen LogP contribution in [0.25, 0.3) is 11.3 Å². The molecule has 1 aromatic carbocycles. The summed E-state index contributed by atoms with van der Waals surface area (Å²) < 4.78 is 5.41. The molecule has 146 valence electrons. The molecule has 2 rings (SSSR count). The van der Waals surface area contributed by atoms with Crippen LogP contribution in [0.1, 0.15) is 71.8 Å². The Morgan fingerprint density at radius 3 is 2.15 bits per heavy atom. The second-order valence-electron chi connectivity index (χ2n) is 7.97. The average molecular weight is 534 g/mol. The molecule has 0 amide bonds. The zero-order valence-electron chi connectivity index (χ0n) is 16.9. The van der Waals surface area contributed by atoms with Crippen molar-refractivity contribution >= 4 is 22.6 Å². The molecule has 0 aliphatic carbocycles. The van der Waals surface area contributed by atoms with Gasteiger partial charge in [0, 0.05) is 28.2 Å². The maximum absolute atomic E-state index is 4.72. The highest BCUT2D eigenvalue weighted by molar-refractivity contribution is 14.1. The number of benzene rings is 1. The Hall–Kier alpha value is -0.430. The van der Waals surface area contributed by atoms with Crippen LogP contribution in [0.15, 0.2) is 24.3 Å². The van der Waals surface area contributed by atoms with Crippen molar-refractivity contribution in [2.75, 3.05) is 0 Å². The van der Waals surface area contributed by atoms with Crippen molar-refractivity contribution in [1.29, 1.82) is 0 Å². The Kier molecular flexibility index (Phi) is 9.80. The number of halogens is 2. The van der Waals surface area contributed by atoms with Crippen molar-refractivity contribution in [3.63, 3.8) is 0 Å². The zero-order valence-corrected chi connectivity index (χ0v) is 20.6. The second kappa shape index (κ2) is 10.8. The lowest BCUT2D eigenvalue weighted by Crippen LogP contribution is -3.00. The number of hydrogen-bond donors (Lipinski definition) is 0. The van der Waals surface area contributed by atoms with Gasteiger partial charge in [-0.3, -0.25) is 0 Å². The van der Waals surface area contributed by atoms with Crippen LogP contribution in [0.4, 0.5) is 0 Å². The van der Waals surface area contributed by atoms with E-state index in [2.05, 4.69) is 79.2 Å². The molecule has 2 aromatic rings. The van der Waals surface area contributed by atoms with Gasteiger partial charge in [0.05, 0.1) is 5.21 Å². The fourth-order valence-corrected chi connectivity index (χ4v) is 4.12. The first-order chi connectivity index (χ1) is 11.8. The maximum atomic E-state index is 4.72. The average Bonchev–Trinajstić information content (AvgIpc) is 2.84. The third-order valence-corrected chi connectivity index (χ3v) is 5.80. The van der Waals surface area contributed by atoms with E-state index in [4.69, 9.17) is 5.21 Å². The normalized spacial score (nSPS) is 11.5. The van der Waals surface area contributed by atoms with Crippen LogP contribution in [0.2, 0.25) is 0 Å². The Labute approximate surface area is 183 Å². The van der Waals surface area contributed by atoms with E-state index in [0.29, 0.717) is 0 Å². The molecule has 0 atom stereocenters. The molecule has 0 aliphatic heterocycles. The van der Waals surface area contributed by atoms with Gasteiger partial charge >= 0.3 is 0 Å². The molecular formula is C21H33BrIN3. The summed E-state index contributed by atoms with van der Waals surface area (Å²) in [5, 5.41) is 4.72. The van der Waals surface area contributed by atoms with E-state index in [1.165, 1.54) is 59.0 Å². The summed E-state index contributed by atoms with van der Waals surface area (Å²) in [4.78, 5) is 0. The van der Waals surface area contributed by atoms with Crippen LogP contribution in [0.3, 0.4) is 0 Å². The van der Waals surface area contributed by atoms with Gasteiger partial charge in [0.1, 0.15) is 13.6 Å². The van der Waals surface area contributed by atoms with Crippen molar-refractivity contribution in [2.45, 2.75) is 78.2 Å². The topological polar surface area (TPSA) is 21.7 Å². The van der Waals surface area contributed by atoms with Gasteiger partial charge in [0.25, 0.3) is 0 Å². The summed E-state index contributed by atoms with van der Waals surface area (Å²) >= 11 is 2.44. The van der Waals surface area contributed by atoms with Gasteiger partial charge in [0.2, 0.25) is 9.39 Å². The van der Waals surface area contributed by atoms with Gasteiger partial charge in [-0.1, -0.05) is 77.6 Å². The van der Waals surface area contributed by atoms with Gasteiger partial charge in [0.15, 0.2) is 0 Å². The van der Waals surface area contributed by atoms with Gasteiger partial charge in [-0.2, -0.15) is 0 Å². The molecule has 0 unspecified atom stereocenters. The van der Waals surface area contributed by atoms with E-state index in [9.17, 15) is 0 Å². The molecule has 5 heteroatoms. The van der Waals surface area contributed by atoms with Crippen LogP contribution < -0.4 is 21.7 Å². The quantitative estimate of drug-likeness (QED) is 0.290. The number of hydrogen-bond acceptors (Lipinski definition) is 1. The van der Waals surface area contributed by atoms with Crippen molar-refractivity contribution in [1.82, 2.24) is 9.90 Å². The number of rotatable bonds is 8. The highest BCUT2D eigenvalue weighted by atomic mass is 127. The van der Waals surface area contributed by atoms with E-state index in [0.717, 1.165) is 6.54 Å². The first-order valence-electron chi connectivity index (χ1n) is 9.58. The highest BCUT2D eigenvalue weighted by Gasteiger charge is 2.23. The minimum Gasteiger partial charge on any atom is -1.00 e. The van der Waals surface area contributed by atoms with Gasteiger partial charge < -0.3 is 17.0 Å². The summed E-state index contributed by atoms with van der Waals surface area (Å²) in [7, 11) is 2.05. The standard InChI is InChI=1S/C21H33IN3.BrH/c1-6-7-8-9-10-11-16-25-20(22)19(24(5)23-25)17-12-14-18(15-13-17)21(2,3)4;/h12-15H,6-11,16H2,1-5H3;1H/q+1;/p-1. The predicted molar refractivity (Wildman–Crippen MR) is 114 cm³/mol. The van der Waals surface area contributed by atoms with Gasteiger partial charge in [-0.15, -0.1) is 9.36 Å². The van der Waals surface area contributed by atoms with Crippen LogP contribution in [-0.4, -0.2) is 9.90 Å². The first kappa shape index (κ1) is 23.6. The molecule has 0 saturated heterocycles. The van der Waals surface area contributed by atoms with E-state index in [1.807, 2.05) is 11.7 Å². The molecule has 1 heterocycles. The Morgan fingerprint density at radius 2 is 1.58 bits per heavy atom. The smallest absolute Gasteiger partial charge is 0.235 e. The first-order valence-corrected chi connectivity index (χ1v) is 10.7. The SMILES string of the molecule is CCCCCCCCn1n[n+](C)c(-c2ccc(C(C)(C)C)cc2)c1I.[Br-]. The second-order valence-corrected chi connectivity index (χ2v) is 8.99. The molecule has 26 heavy (non-hydrogen) atoms. The zero-order chi connectivity index (χ0) is 18.4. The Morgan fingerprint density at radius 1 is 1.00 bits per heavy atom. The van der Waals surface area contributed by atoms with Crippen LogP contribution >= 0.6 is 22.6 Å². The summed E-state index contributed by atoms with van der Waals surface area (Å²) in [6, 6.07) is 8.96. The third kappa shape index (κ3) is 6.32. The molecule has 0 N–H and O–H groups in total. The van der Waals surface area contributed by atoms with Crippen LogP contribution in [0, 0.1) is 3.70 Å². The molecule has 0 aliphatic rings. The predicted octanol–water partition coefficient (Wildman–Crippen LogP) is 2.64. The van der Waals surface area contributed by atoms with Crippen LogP contribution in [-0.2, 0) is 19.0 Å². The van der Waals surface area contributed by atoms with Gasteiger partial charge in [-0.05, 0) is 23.8 Å².